The molecule has 0 bridgehead atoms. The highest BCUT2D eigenvalue weighted by molar-refractivity contribution is 9.10. The molecule has 21 heavy (non-hydrogen) atoms. The van der Waals surface area contributed by atoms with Crippen LogP contribution in [0.3, 0.4) is 0 Å². The lowest BCUT2D eigenvalue weighted by molar-refractivity contribution is 0.422. The lowest BCUT2D eigenvalue weighted by Gasteiger charge is -2.05. The zero-order chi connectivity index (χ0) is 14.2. The van der Waals surface area contributed by atoms with Crippen molar-refractivity contribution >= 4 is 27.0 Å². The molecule has 0 aliphatic heterocycles. The van der Waals surface area contributed by atoms with Crippen LogP contribution in [0.5, 0.6) is 0 Å². The second-order valence-electron chi connectivity index (χ2n) is 4.68. The van der Waals surface area contributed by atoms with Crippen molar-refractivity contribution in [1.29, 1.82) is 0 Å². The molecule has 2 heterocycles. The fourth-order valence-corrected chi connectivity index (χ4v) is 2.75. The van der Waals surface area contributed by atoms with Gasteiger partial charge in [0.15, 0.2) is 0 Å². The SMILES string of the molecule is Brc1cccc(-n2cnc3cc(-c4ccon4)ccc32)c1. The zero-order valence-corrected chi connectivity index (χ0v) is 12.5. The molecule has 102 valence electrons. The number of benzene rings is 2. The average molecular weight is 340 g/mol. The predicted octanol–water partition coefficient (Wildman–Crippen LogP) is 4.44. The molecule has 5 heteroatoms. The molecule has 0 radical (unpaired) electrons. The topological polar surface area (TPSA) is 43.9 Å². The summed E-state index contributed by atoms with van der Waals surface area (Å²) in [5, 5.41) is 3.95. The summed E-state index contributed by atoms with van der Waals surface area (Å²) in [5.41, 5.74) is 4.86. The minimum atomic E-state index is 0.814. The van der Waals surface area contributed by atoms with Gasteiger partial charge >= 0.3 is 0 Å². The molecule has 0 atom stereocenters. The quantitative estimate of drug-likeness (QED) is 0.542. The Hall–Kier alpha value is -2.40. The molecule has 0 saturated heterocycles. The first-order valence-electron chi connectivity index (χ1n) is 6.45. The van der Waals surface area contributed by atoms with Gasteiger partial charge in [0.05, 0.1) is 11.0 Å². The van der Waals surface area contributed by atoms with E-state index >= 15 is 0 Å². The third kappa shape index (κ3) is 2.15. The summed E-state index contributed by atoms with van der Waals surface area (Å²) in [6, 6.07) is 16.1. The van der Waals surface area contributed by atoms with E-state index in [9.17, 15) is 0 Å². The van der Waals surface area contributed by atoms with Crippen molar-refractivity contribution in [2.75, 3.05) is 0 Å². The first kappa shape index (κ1) is 12.3. The predicted molar refractivity (Wildman–Crippen MR) is 84.3 cm³/mol. The number of fused-ring (bicyclic) bond motifs is 1. The summed E-state index contributed by atoms with van der Waals surface area (Å²) in [6.07, 6.45) is 3.40. The van der Waals surface area contributed by atoms with Gasteiger partial charge in [0, 0.05) is 21.8 Å². The summed E-state index contributed by atoms with van der Waals surface area (Å²) in [6.45, 7) is 0. The van der Waals surface area contributed by atoms with E-state index in [0.29, 0.717) is 0 Å². The molecule has 0 amide bonds. The van der Waals surface area contributed by atoms with Crippen LogP contribution >= 0.6 is 15.9 Å². The van der Waals surface area contributed by atoms with Crippen molar-refractivity contribution < 1.29 is 4.52 Å². The lowest BCUT2D eigenvalue weighted by Crippen LogP contribution is -1.91. The average Bonchev–Trinajstić information content (AvgIpc) is 3.16. The molecule has 0 N–H and O–H groups in total. The van der Waals surface area contributed by atoms with E-state index < -0.39 is 0 Å². The molecular weight excluding hydrogens is 330 g/mol. The number of nitrogens with zero attached hydrogens (tertiary/aromatic N) is 3. The van der Waals surface area contributed by atoms with Gasteiger partial charge in [0.1, 0.15) is 18.3 Å². The molecule has 4 aromatic rings. The molecule has 2 aromatic carbocycles. The summed E-state index contributed by atoms with van der Waals surface area (Å²) < 4.78 is 7.99. The third-order valence-corrected chi connectivity index (χ3v) is 3.86. The molecule has 0 fully saturated rings. The molecular formula is C16H10BrN3O. The van der Waals surface area contributed by atoms with Crippen LogP contribution in [0.15, 0.2) is 70.1 Å². The molecule has 0 aliphatic rings. The van der Waals surface area contributed by atoms with Gasteiger partial charge in [-0.3, -0.25) is 4.57 Å². The summed E-state index contributed by atoms with van der Waals surface area (Å²) in [7, 11) is 0. The van der Waals surface area contributed by atoms with E-state index in [-0.39, 0.29) is 0 Å². The van der Waals surface area contributed by atoms with Gasteiger partial charge in [0.25, 0.3) is 0 Å². The van der Waals surface area contributed by atoms with Crippen molar-refractivity contribution in [3.05, 3.63) is 65.6 Å². The van der Waals surface area contributed by atoms with E-state index in [1.54, 1.807) is 6.26 Å². The van der Waals surface area contributed by atoms with E-state index in [4.69, 9.17) is 4.52 Å². The van der Waals surface area contributed by atoms with Gasteiger partial charge in [-0.1, -0.05) is 33.2 Å². The summed E-state index contributed by atoms with van der Waals surface area (Å²) >= 11 is 3.50. The summed E-state index contributed by atoms with van der Waals surface area (Å²) in [5.74, 6) is 0. The molecule has 0 aliphatic carbocycles. The van der Waals surface area contributed by atoms with E-state index in [1.807, 2.05) is 42.7 Å². The maximum absolute atomic E-state index is 4.89. The number of hydrogen-bond acceptors (Lipinski definition) is 3. The lowest BCUT2D eigenvalue weighted by atomic mass is 10.1. The fraction of sp³-hybridized carbons (Fsp3) is 0. The standard InChI is InChI=1S/C16H10BrN3O/c17-12-2-1-3-13(9-12)20-10-18-15-8-11(4-5-16(15)20)14-6-7-21-19-14/h1-10H. The Kier molecular flexibility index (Phi) is 2.86. The minimum absolute atomic E-state index is 0.814. The molecule has 4 nitrogen and oxygen atoms in total. The number of rotatable bonds is 2. The smallest absolute Gasteiger partial charge is 0.124 e. The van der Waals surface area contributed by atoms with Gasteiger partial charge in [-0.05, 0) is 30.3 Å². The van der Waals surface area contributed by atoms with Crippen LogP contribution in [0, 0.1) is 0 Å². The maximum atomic E-state index is 4.89. The monoisotopic (exact) mass is 339 g/mol. The van der Waals surface area contributed by atoms with Crippen LogP contribution in [0.25, 0.3) is 28.0 Å². The van der Waals surface area contributed by atoms with Gasteiger partial charge in [-0.15, -0.1) is 0 Å². The first-order chi connectivity index (χ1) is 10.3. The Balaban J connectivity index is 1.86. The van der Waals surface area contributed by atoms with Crippen molar-refractivity contribution in [2.24, 2.45) is 0 Å². The zero-order valence-electron chi connectivity index (χ0n) is 10.9. The van der Waals surface area contributed by atoms with E-state index in [0.717, 1.165) is 32.5 Å². The van der Waals surface area contributed by atoms with Crippen LogP contribution in [0.1, 0.15) is 0 Å². The van der Waals surface area contributed by atoms with Crippen LogP contribution < -0.4 is 0 Å². The van der Waals surface area contributed by atoms with Gasteiger partial charge < -0.3 is 4.52 Å². The number of imidazole rings is 1. The Morgan fingerprint density at radius 1 is 1.05 bits per heavy atom. The van der Waals surface area contributed by atoms with Gasteiger partial charge in [-0.25, -0.2) is 4.98 Å². The number of hydrogen-bond donors (Lipinski definition) is 0. The molecule has 2 aromatic heterocycles. The highest BCUT2D eigenvalue weighted by Crippen LogP contribution is 2.25. The van der Waals surface area contributed by atoms with Crippen LogP contribution in [0.4, 0.5) is 0 Å². The fourth-order valence-electron chi connectivity index (χ4n) is 2.37. The number of aromatic nitrogens is 3. The largest absolute Gasteiger partial charge is 0.364 e. The van der Waals surface area contributed by atoms with Gasteiger partial charge in [-0.2, -0.15) is 0 Å². The Morgan fingerprint density at radius 3 is 2.81 bits per heavy atom. The van der Waals surface area contributed by atoms with Crippen LogP contribution in [0.2, 0.25) is 0 Å². The molecule has 4 rings (SSSR count). The Bertz CT molecular complexity index is 912. The highest BCUT2D eigenvalue weighted by atomic mass is 79.9. The number of halogens is 1. The third-order valence-electron chi connectivity index (χ3n) is 3.37. The van der Waals surface area contributed by atoms with Crippen molar-refractivity contribution in [2.45, 2.75) is 0 Å². The van der Waals surface area contributed by atoms with Crippen LogP contribution in [-0.4, -0.2) is 14.7 Å². The molecule has 0 spiro atoms. The van der Waals surface area contributed by atoms with E-state index in [1.165, 1.54) is 0 Å². The van der Waals surface area contributed by atoms with Crippen molar-refractivity contribution in [1.82, 2.24) is 14.7 Å². The maximum Gasteiger partial charge on any atom is 0.124 e. The highest BCUT2D eigenvalue weighted by Gasteiger charge is 2.08. The normalized spacial score (nSPS) is 11.1. The molecule has 0 saturated carbocycles. The Morgan fingerprint density at radius 2 is 2.00 bits per heavy atom. The minimum Gasteiger partial charge on any atom is -0.364 e. The van der Waals surface area contributed by atoms with Crippen molar-refractivity contribution in [3.8, 4) is 16.9 Å². The Labute approximate surface area is 129 Å². The van der Waals surface area contributed by atoms with Crippen molar-refractivity contribution in [3.63, 3.8) is 0 Å². The van der Waals surface area contributed by atoms with Crippen LogP contribution in [-0.2, 0) is 0 Å². The van der Waals surface area contributed by atoms with E-state index in [2.05, 4.69) is 42.8 Å². The molecule has 0 unspecified atom stereocenters. The second-order valence-corrected chi connectivity index (χ2v) is 5.60. The van der Waals surface area contributed by atoms with Gasteiger partial charge in [0.2, 0.25) is 0 Å². The summed E-state index contributed by atoms with van der Waals surface area (Å²) in [4.78, 5) is 4.48. The first-order valence-corrected chi connectivity index (χ1v) is 7.24. The second kappa shape index (κ2) is 4.86.